The SMILES string of the molecule is C.CCC(=O)NCCOCCOCCCC(=O)OC1CC[C@]2(CO2)C([C@@]2(C)O[C@@H]2CC=C(C)C)C1OC. The second kappa shape index (κ2) is 14.6. The molecular weight excluding hydrogens is 478 g/mol. The monoisotopic (exact) mass is 527 g/mol. The lowest BCUT2D eigenvalue weighted by Crippen LogP contribution is -2.55. The Balaban J connectivity index is 0.00000481. The number of carbonyl (C=O) groups excluding carboxylic acids is 2. The van der Waals surface area contributed by atoms with Crippen LogP contribution in [-0.2, 0) is 38.0 Å². The average Bonchev–Trinajstić information content (AvgIpc) is 3.76. The van der Waals surface area contributed by atoms with Gasteiger partial charge in [0.15, 0.2) is 0 Å². The number of allylic oxidation sites excluding steroid dienone is 1. The quantitative estimate of drug-likeness (QED) is 0.140. The molecule has 0 bridgehead atoms. The minimum atomic E-state index is -0.342. The Bertz CT molecular complexity index is 763. The number of esters is 1. The van der Waals surface area contributed by atoms with Gasteiger partial charge in [-0.3, -0.25) is 9.59 Å². The predicted molar refractivity (Wildman–Crippen MR) is 140 cm³/mol. The summed E-state index contributed by atoms with van der Waals surface area (Å²) in [5, 5.41) is 2.75. The summed E-state index contributed by atoms with van der Waals surface area (Å²) in [5.41, 5.74) is 0.708. The first-order chi connectivity index (χ1) is 17.3. The van der Waals surface area contributed by atoms with Gasteiger partial charge in [0, 0.05) is 33.1 Å². The summed E-state index contributed by atoms with van der Waals surface area (Å²) < 4.78 is 35.0. The van der Waals surface area contributed by atoms with Crippen molar-refractivity contribution in [3.8, 4) is 0 Å². The van der Waals surface area contributed by atoms with Crippen molar-refractivity contribution in [2.45, 2.75) is 103 Å². The fourth-order valence-electron chi connectivity index (χ4n) is 5.33. The number of methoxy groups -OCH3 is 1. The number of ether oxygens (including phenoxy) is 6. The first-order valence-electron chi connectivity index (χ1n) is 13.4. The number of hydrogen-bond donors (Lipinski definition) is 1. The van der Waals surface area contributed by atoms with Crippen LogP contribution in [0.1, 0.15) is 73.6 Å². The van der Waals surface area contributed by atoms with E-state index in [0.717, 1.165) is 19.3 Å². The second-order valence-electron chi connectivity index (χ2n) is 10.4. The van der Waals surface area contributed by atoms with Crippen LogP contribution in [0.25, 0.3) is 0 Å². The molecule has 0 aromatic heterocycles. The van der Waals surface area contributed by atoms with E-state index in [-0.39, 0.29) is 54.7 Å². The maximum atomic E-state index is 12.6. The van der Waals surface area contributed by atoms with Crippen LogP contribution in [0.5, 0.6) is 0 Å². The van der Waals surface area contributed by atoms with Crippen molar-refractivity contribution in [1.82, 2.24) is 5.32 Å². The standard InChI is InChI=1S/C27H45NO8.CH4/c1-6-22(29)28-13-15-33-17-16-32-14-7-8-23(30)35-20-11-12-27(18-34-27)25(24(20)31-5)26(4)21(36-26)10-9-19(2)3;/h9,20-21,24-25H,6-8,10-18H2,1-5H3,(H,28,29);1H4/t20?,21-,24?,25?,26+,27+;/m1./s1. The molecule has 214 valence electrons. The molecule has 2 aliphatic heterocycles. The highest BCUT2D eigenvalue weighted by Crippen LogP contribution is 2.59. The van der Waals surface area contributed by atoms with Crippen LogP contribution in [-0.4, -0.2) is 88.1 Å². The van der Waals surface area contributed by atoms with Gasteiger partial charge in [0.2, 0.25) is 5.91 Å². The van der Waals surface area contributed by atoms with E-state index in [9.17, 15) is 9.59 Å². The maximum absolute atomic E-state index is 12.6. The highest BCUT2D eigenvalue weighted by Gasteiger charge is 2.72. The zero-order chi connectivity index (χ0) is 26.2. The number of hydrogen-bond acceptors (Lipinski definition) is 8. The molecule has 37 heavy (non-hydrogen) atoms. The summed E-state index contributed by atoms with van der Waals surface area (Å²) in [6.07, 6.45) is 5.54. The minimum absolute atomic E-state index is 0. The molecule has 3 rings (SSSR count). The summed E-state index contributed by atoms with van der Waals surface area (Å²) >= 11 is 0. The van der Waals surface area contributed by atoms with Crippen molar-refractivity contribution >= 4 is 11.9 Å². The summed E-state index contributed by atoms with van der Waals surface area (Å²) in [7, 11) is 1.68. The lowest BCUT2D eigenvalue weighted by Gasteiger charge is -2.42. The van der Waals surface area contributed by atoms with E-state index in [2.05, 4.69) is 32.2 Å². The summed E-state index contributed by atoms with van der Waals surface area (Å²) in [6, 6.07) is 0. The molecular formula is C28H49NO8. The molecule has 9 heteroatoms. The third kappa shape index (κ3) is 8.75. The van der Waals surface area contributed by atoms with E-state index in [1.54, 1.807) is 7.11 Å². The van der Waals surface area contributed by atoms with Crippen LogP contribution in [0.3, 0.4) is 0 Å². The summed E-state index contributed by atoms with van der Waals surface area (Å²) in [4.78, 5) is 23.7. The van der Waals surface area contributed by atoms with Gasteiger partial charge in [-0.15, -0.1) is 0 Å². The van der Waals surface area contributed by atoms with Crippen molar-refractivity contribution in [2.24, 2.45) is 5.92 Å². The number of rotatable bonds is 16. The molecule has 1 saturated carbocycles. The Hall–Kier alpha value is -1.52. The molecule has 0 aromatic carbocycles. The Kier molecular flexibility index (Phi) is 12.5. The van der Waals surface area contributed by atoms with E-state index in [1.807, 2.05) is 6.92 Å². The van der Waals surface area contributed by atoms with Crippen LogP contribution in [0, 0.1) is 5.92 Å². The number of epoxide rings is 2. The molecule has 2 heterocycles. The van der Waals surface area contributed by atoms with Crippen LogP contribution >= 0.6 is 0 Å². The molecule has 1 aliphatic carbocycles. The minimum Gasteiger partial charge on any atom is -0.460 e. The van der Waals surface area contributed by atoms with E-state index >= 15 is 0 Å². The fraction of sp³-hybridized carbons (Fsp3) is 0.857. The third-order valence-electron chi connectivity index (χ3n) is 7.45. The largest absolute Gasteiger partial charge is 0.460 e. The van der Waals surface area contributed by atoms with Crippen molar-refractivity contribution in [1.29, 1.82) is 0 Å². The zero-order valence-corrected chi connectivity index (χ0v) is 22.6. The predicted octanol–water partition coefficient (Wildman–Crippen LogP) is 3.58. The first-order valence-corrected chi connectivity index (χ1v) is 13.4. The lowest BCUT2D eigenvalue weighted by atomic mass is 9.68. The Morgan fingerprint density at radius 3 is 2.46 bits per heavy atom. The smallest absolute Gasteiger partial charge is 0.306 e. The molecule has 3 unspecified atom stereocenters. The van der Waals surface area contributed by atoms with Gasteiger partial charge in [0.1, 0.15) is 23.4 Å². The Labute approximate surface area is 222 Å². The molecule has 3 fully saturated rings. The fourth-order valence-corrected chi connectivity index (χ4v) is 5.33. The van der Waals surface area contributed by atoms with Gasteiger partial charge in [0.25, 0.3) is 0 Å². The highest BCUT2D eigenvalue weighted by atomic mass is 16.6. The summed E-state index contributed by atoms with van der Waals surface area (Å²) in [5.74, 6) is -0.194. The van der Waals surface area contributed by atoms with Gasteiger partial charge in [-0.25, -0.2) is 0 Å². The molecule has 3 aliphatic rings. The normalized spacial score (nSPS) is 31.8. The molecule has 0 radical (unpaired) electrons. The zero-order valence-electron chi connectivity index (χ0n) is 22.6. The molecule has 9 nitrogen and oxygen atoms in total. The highest BCUT2D eigenvalue weighted by molar-refractivity contribution is 5.75. The van der Waals surface area contributed by atoms with Gasteiger partial charge < -0.3 is 33.7 Å². The van der Waals surface area contributed by atoms with Gasteiger partial charge in [-0.2, -0.15) is 0 Å². The van der Waals surface area contributed by atoms with Crippen molar-refractivity contribution in [2.75, 3.05) is 46.7 Å². The lowest BCUT2D eigenvalue weighted by molar-refractivity contribution is -0.172. The molecule has 2 saturated heterocycles. The van der Waals surface area contributed by atoms with E-state index in [0.29, 0.717) is 58.8 Å². The van der Waals surface area contributed by atoms with Gasteiger partial charge >= 0.3 is 5.97 Å². The second-order valence-corrected chi connectivity index (χ2v) is 10.4. The molecule has 1 N–H and O–H groups in total. The molecule has 1 spiro atoms. The molecule has 0 aromatic rings. The maximum Gasteiger partial charge on any atom is 0.306 e. The van der Waals surface area contributed by atoms with Crippen molar-refractivity contribution in [3.63, 3.8) is 0 Å². The number of nitrogens with one attached hydrogen (secondary N) is 1. The average molecular weight is 528 g/mol. The van der Waals surface area contributed by atoms with Gasteiger partial charge in [0.05, 0.1) is 38.4 Å². The van der Waals surface area contributed by atoms with Gasteiger partial charge in [-0.1, -0.05) is 26.0 Å². The van der Waals surface area contributed by atoms with Gasteiger partial charge in [-0.05, 0) is 46.5 Å². The summed E-state index contributed by atoms with van der Waals surface area (Å²) in [6.45, 7) is 11.2. The van der Waals surface area contributed by atoms with Crippen LogP contribution in [0.15, 0.2) is 11.6 Å². The number of carbonyl (C=O) groups is 2. The van der Waals surface area contributed by atoms with Crippen LogP contribution < -0.4 is 5.32 Å². The Morgan fingerprint density at radius 1 is 1.14 bits per heavy atom. The molecule has 1 amide bonds. The van der Waals surface area contributed by atoms with E-state index < -0.39 is 0 Å². The van der Waals surface area contributed by atoms with Crippen molar-refractivity contribution < 1.29 is 38.0 Å². The van der Waals surface area contributed by atoms with E-state index in [4.69, 9.17) is 28.4 Å². The van der Waals surface area contributed by atoms with Crippen LogP contribution in [0.2, 0.25) is 0 Å². The molecule has 6 atom stereocenters. The number of amides is 1. The van der Waals surface area contributed by atoms with E-state index in [1.165, 1.54) is 5.57 Å². The Morgan fingerprint density at radius 2 is 1.84 bits per heavy atom. The third-order valence-corrected chi connectivity index (χ3v) is 7.45. The first kappa shape index (κ1) is 31.7. The topological polar surface area (TPSA) is 108 Å². The van der Waals surface area contributed by atoms with Crippen LogP contribution in [0.4, 0.5) is 0 Å². The van der Waals surface area contributed by atoms with Crippen molar-refractivity contribution in [3.05, 3.63) is 11.6 Å².